The Kier molecular flexibility index (Phi) is 4.72. The molecule has 0 spiro atoms. The van der Waals surface area contributed by atoms with Crippen molar-refractivity contribution in [3.05, 3.63) is 72.4 Å². The molecule has 1 aliphatic rings. The molecule has 0 aliphatic heterocycles. The molecule has 4 nitrogen and oxygen atoms in total. The Balaban J connectivity index is 1.67. The second-order valence-electron chi connectivity index (χ2n) is 7.52. The largest absolute Gasteiger partial charge is 0.341 e. The molecular weight excluding hydrogens is 393 g/mol. The summed E-state index contributed by atoms with van der Waals surface area (Å²) >= 11 is 12.4. The predicted molar refractivity (Wildman–Crippen MR) is 113 cm³/mol. The van der Waals surface area contributed by atoms with Gasteiger partial charge in [-0.2, -0.15) is 5.10 Å². The smallest absolute Gasteiger partial charge is 0.231 e. The van der Waals surface area contributed by atoms with Crippen LogP contribution in [0.5, 0.6) is 0 Å². The third kappa shape index (κ3) is 3.31. The van der Waals surface area contributed by atoms with E-state index in [1.54, 1.807) is 11.9 Å². The number of carbonyl (C=O) groups is 1. The molecule has 1 amide bonds. The number of hydrogen-bond donors (Lipinski definition) is 0. The van der Waals surface area contributed by atoms with E-state index >= 15 is 0 Å². The van der Waals surface area contributed by atoms with Crippen LogP contribution in [0.15, 0.2) is 66.9 Å². The number of aromatic nitrogens is 2. The van der Waals surface area contributed by atoms with E-state index in [4.69, 9.17) is 28.3 Å². The van der Waals surface area contributed by atoms with Crippen LogP contribution < -0.4 is 0 Å². The summed E-state index contributed by atoms with van der Waals surface area (Å²) in [5.41, 5.74) is 3.06. The van der Waals surface area contributed by atoms with Gasteiger partial charge in [-0.1, -0.05) is 48.5 Å². The summed E-state index contributed by atoms with van der Waals surface area (Å²) in [5, 5.41) is 4.80. The van der Waals surface area contributed by atoms with Gasteiger partial charge in [-0.25, -0.2) is 4.68 Å². The molecule has 6 heteroatoms. The minimum Gasteiger partial charge on any atom is -0.341 e. The van der Waals surface area contributed by atoms with Crippen LogP contribution in [0.4, 0.5) is 0 Å². The van der Waals surface area contributed by atoms with Crippen LogP contribution in [0, 0.1) is 5.41 Å². The van der Waals surface area contributed by atoms with Crippen molar-refractivity contribution in [3.8, 4) is 16.9 Å². The number of halogens is 2. The molecule has 1 fully saturated rings. The average molecular weight is 414 g/mol. The number of benzene rings is 2. The maximum Gasteiger partial charge on any atom is 0.231 e. The van der Waals surface area contributed by atoms with Gasteiger partial charge in [0.2, 0.25) is 5.91 Å². The molecule has 1 heterocycles. The first-order valence-electron chi connectivity index (χ1n) is 9.15. The third-order valence-corrected chi connectivity index (χ3v) is 6.44. The van der Waals surface area contributed by atoms with Crippen LogP contribution in [-0.4, -0.2) is 32.0 Å². The van der Waals surface area contributed by atoms with Crippen LogP contribution in [0.1, 0.15) is 18.9 Å². The summed E-state index contributed by atoms with van der Waals surface area (Å²) in [7, 11) is 1.78. The van der Waals surface area contributed by atoms with Gasteiger partial charge in [0.05, 0.1) is 16.8 Å². The van der Waals surface area contributed by atoms with E-state index in [2.05, 4.69) is 0 Å². The molecule has 4 rings (SSSR count). The van der Waals surface area contributed by atoms with Crippen molar-refractivity contribution in [1.82, 2.24) is 14.7 Å². The van der Waals surface area contributed by atoms with Gasteiger partial charge in [0.1, 0.15) is 4.33 Å². The highest BCUT2D eigenvalue weighted by atomic mass is 35.5. The van der Waals surface area contributed by atoms with E-state index in [0.29, 0.717) is 13.0 Å². The zero-order valence-corrected chi connectivity index (χ0v) is 17.3. The highest BCUT2D eigenvalue weighted by Crippen LogP contribution is 2.64. The van der Waals surface area contributed by atoms with Crippen LogP contribution in [0.3, 0.4) is 0 Å². The van der Waals surface area contributed by atoms with Crippen molar-refractivity contribution in [1.29, 1.82) is 0 Å². The number of alkyl halides is 2. The van der Waals surface area contributed by atoms with Gasteiger partial charge in [0, 0.05) is 30.9 Å². The van der Waals surface area contributed by atoms with Crippen molar-refractivity contribution in [3.63, 3.8) is 0 Å². The van der Waals surface area contributed by atoms with Gasteiger partial charge in [0.25, 0.3) is 0 Å². The molecular formula is C22H21Cl2N3O. The molecule has 1 saturated carbocycles. The Morgan fingerprint density at radius 3 is 2.25 bits per heavy atom. The molecule has 0 N–H and O–H groups in total. The van der Waals surface area contributed by atoms with Crippen molar-refractivity contribution >= 4 is 29.1 Å². The Hall–Kier alpha value is -2.30. The minimum absolute atomic E-state index is 0.0519. The summed E-state index contributed by atoms with van der Waals surface area (Å²) in [4.78, 5) is 14.6. The molecule has 28 heavy (non-hydrogen) atoms. The second kappa shape index (κ2) is 6.94. The summed E-state index contributed by atoms with van der Waals surface area (Å²) in [6, 6.07) is 19.9. The lowest BCUT2D eigenvalue weighted by atomic mass is 10.1. The number of para-hydroxylation sites is 1. The zero-order valence-electron chi connectivity index (χ0n) is 15.8. The number of nitrogens with zero attached hydrogens (tertiary/aromatic N) is 3. The van der Waals surface area contributed by atoms with Gasteiger partial charge in [-0.3, -0.25) is 4.79 Å². The maximum atomic E-state index is 12.9. The molecule has 144 valence electrons. The van der Waals surface area contributed by atoms with Crippen molar-refractivity contribution in [2.45, 2.75) is 24.2 Å². The van der Waals surface area contributed by atoms with Gasteiger partial charge < -0.3 is 4.90 Å². The normalized spacial score (nSPS) is 20.0. The Morgan fingerprint density at radius 1 is 1.11 bits per heavy atom. The molecule has 2 aromatic carbocycles. The predicted octanol–water partition coefficient (Wildman–Crippen LogP) is 5.08. The minimum atomic E-state index is -0.977. The fourth-order valence-corrected chi connectivity index (χ4v) is 4.15. The van der Waals surface area contributed by atoms with E-state index in [1.807, 2.05) is 78.5 Å². The molecule has 0 radical (unpaired) electrons. The van der Waals surface area contributed by atoms with Gasteiger partial charge in [-0.15, -0.1) is 23.2 Å². The highest BCUT2D eigenvalue weighted by molar-refractivity contribution is 6.53. The van der Waals surface area contributed by atoms with Crippen LogP contribution in [-0.2, 0) is 11.3 Å². The molecule has 1 unspecified atom stereocenters. The Bertz CT molecular complexity index is 1000. The molecule has 1 aliphatic carbocycles. The molecule has 1 aromatic heterocycles. The van der Waals surface area contributed by atoms with Gasteiger partial charge in [-0.05, 0) is 25.5 Å². The lowest BCUT2D eigenvalue weighted by molar-refractivity contribution is -0.135. The standard InChI is InChI=1S/C22H21Cl2N3O/c1-21(15-22(21,23)24)20(28)26(2)13-17-14-27(18-11-7-4-8-12-18)25-19(17)16-9-5-3-6-10-16/h3-12,14H,13,15H2,1-2H3. The fourth-order valence-electron chi connectivity index (χ4n) is 3.46. The topological polar surface area (TPSA) is 38.1 Å². The third-order valence-electron chi connectivity index (χ3n) is 5.34. The maximum absolute atomic E-state index is 12.9. The first kappa shape index (κ1) is 19.0. The highest BCUT2D eigenvalue weighted by Gasteiger charge is 2.68. The van der Waals surface area contributed by atoms with E-state index in [-0.39, 0.29) is 5.91 Å². The second-order valence-corrected chi connectivity index (χ2v) is 9.01. The lowest BCUT2D eigenvalue weighted by Crippen LogP contribution is -2.34. The average Bonchev–Trinajstić information content (AvgIpc) is 3.03. The lowest BCUT2D eigenvalue weighted by Gasteiger charge is -2.22. The SMILES string of the molecule is CN(Cc1cn(-c2ccccc2)nc1-c1ccccc1)C(=O)C1(C)CC1(Cl)Cl. The number of amides is 1. The Labute approximate surface area is 174 Å². The molecule has 1 atom stereocenters. The molecule has 0 saturated heterocycles. The van der Waals surface area contributed by atoms with Crippen LogP contribution >= 0.6 is 23.2 Å². The number of carbonyl (C=O) groups excluding carboxylic acids is 1. The zero-order chi connectivity index (χ0) is 19.9. The monoisotopic (exact) mass is 413 g/mol. The fraction of sp³-hybridized carbons (Fsp3) is 0.273. The first-order chi connectivity index (χ1) is 13.3. The van der Waals surface area contributed by atoms with E-state index in [1.165, 1.54) is 0 Å². The molecule has 0 bridgehead atoms. The summed E-state index contributed by atoms with van der Waals surface area (Å²) in [6.07, 6.45) is 2.45. The van der Waals surface area contributed by atoms with Crippen molar-refractivity contribution in [2.24, 2.45) is 5.41 Å². The van der Waals surface area contributed by atoms with Gasteiger partial charge in [0.15, 0.2) is 0 Å². The first-order valence-corrected chi connectivity index (χ1v) is 9.90. The van der Waals surface area contributed by atoms with Crippen molar-refractivity contribution < 1.29 is 4.79 Å². The quantitative estimate of drug-likeness (QED) is 0.546. The van der Waals surface area contributed by atoms with E-state index in [0.717, 1.165) is 22.5 Å². The van der Waals surface area contributed by atoms with Crippen LogP contribution in [0.2, 0.25) is 0 Å². The summed E-state index contributed by atoms with van der Waals surface area (Å²) < 4.78 is 0.872. The molecule has 3 aromatic rings. The number of rotatable bonds is 5. The van der Waals surface area contributed by atoms with Crippen LogP contribution in [0.25, 0.3) is 16.9 Å². The summed E-state index contributed by atoms with van der Waals surface area (Å²) in [5.74, 6) is -0.0519. The van der Waals surface area contributed by atoms with E-state index in [9.17, 15) is 4.79 Å². The Morgan fingerprint density at radius 2 is 1.68 bits per heavy atom. The number of hydrogen-bond acceptors (Lipinski definition) is 2. The summed E-state index contributed by atoms with van der Waals surface area (Å²) in [6.45, 7) is 2.24. The van der Waals surface area contributed by atoms with Crippen molar-refractivity contribution in [2.75, 3.05) is 7.05 Å². The van der Waals surface area contributed by atoms with E-state index < -0.39 is 9.75 Å². The van der Waals surface area contributed by atoms with Gasteiger partial charge >= 0.3 is 0 Å².